The van der Waals surface area contributed by atoms with Crippen molar-refractivity contribution in [1.82, 2.24) is 5.32 Å². The predicted octanol–water partition coefficient (Wildman–Crippen LogP) is 1.63. The molecule has 2 N–H and O–H groups in total. The Labute approximate surface area is 113 Å². The van der Waals surface area contributed by atoms with E-state index in [0.717, 1.165) is 30.2 Å². The molecule has 2 atom stereocenters. The second-order valence-corrected chi connectivity index (χ2v) is 5.15. The molecular weight excluding hydrogens is 242 g/mol. The first-order valence-corrected chi connectivity index (χ1v) is 6.63. The lowest BCUT2D eigenvalue weighted by Crippen LogP contribution is -2.36. The molecule has 2 heterocycles. The molecule has 4 nitrogen and oxygen atoms in total. The first-order valence-electron chi connectivity index (χ1n) is 6.63. The van der Waals surface area contributed by atoms with Crippen LogP contribution in [0.2, 0.25) is 0 Å². The number of aryl methyl sites for hydroxylation is 1. The van der Waals surface area contributed by atoms with Gasteiger partial charge in [-0.05, 0) is 24.1 Å². The number of fused-ring (bicyclic) bond motifs is 1. The van der Waals surface area contributed by atoms with Crippen molar-refractivity contribution >= 4 is 6.08 Å². The van der Waals surface area contributed by atoms with Gasteiger partial charge in [-0.3, -0.25) is 0 Å². The van der Waals surface area contributed by atoms with E-state index in [1.165, 1.54) is 11.1 Å². The van der Waals surface area contributed by atoms with E-state index in [-0.39, 0.29) is 6.10 Å². The number of aliphatic hydroxyl groups excluding tert-OH is 1. The maximum absolute atomic E-state index is 9.93. The highest BCUT2D eigenvalue weighted by Gasteiger charge is 2.26. The van der Waals surface area contributed by atoms with Gasteiger partial charge < -0.3 is 19.9 Å². The Bertz CT molecular complexity index is 525. The Kier molecular flexibility index (Phi) is 3.21. The lowest BCUT2D eigenvalue weighted by molar-refractivity contribution is 0.113. The fourth-order valence-electron chi connectivity index (χ4n) is 2.77. The van der Waals surface area contributed by atoms with Gasteiger partial charge in [0, 0.05) is 25.1 Å². The monoisotopic (exact) mass is 261 g/mol. The molecule has 19 heavy (non-hydrogen) atoms. The molecule has 4 bridgehead atoms. The Morgan fingerprint density at radius 1 is 1.47 bits per heavy atom. The number of methoxy groups -OCH3 is 1. The highest BCUT2D eigenvalue weighted by Crippen LogP contribution is 2.39. The van der Waals surface area contributed by atoms with Crippen molar-refractivity contribution in [2.45, 2.75) is 32.1 Å². The molecule has 3 rings (SSSR count). The average Bonchev–Trinajstić information content (AvgIpc) is 2.36. The standard InChI is InChI=1S/C15H19NO3/c1-9-5-14(18-2)15-12-4-3-10(17)6-11(19-15)7-16-8-13(9)12/h3-5,10-11,16-17H,6-8H2,1-2H3/t10-,11?/m0/s1. The minimum atomic E-state index is -0.461. The van der Waals surface area contributed by atoms with Crippen LogP contribution in [0.1, 0.15) is 23.1 Å². The quantitative estimate of drug-likeness (QED) is 0.807. The third-order valence-electron chi connectivity index (χ3n) is 3.78. The van der Waals surface area contributed by atoms with Crippen molar-refractivity contribution in [3.63, 3.8) is 0 Å². The van der Waals surface area contributed by atoms with Gasteiger partial charge in [0.15, 0.2) is 11.5 Å². The van der Waals surface area contributed by atoms with E-state index in [1.807, 2.05) is 18.2 Å². The lowest BCUT2D eigenvalue weighted by Gasteiger charge is -2.30. The minimum Gasteiger partial charge on any atom is -0.493 e. The van der Waals surface area contributed by atoms with Crippen LogP contribution in [0, 0.1) is 6.92 Å². The van der Waals surface area contributed by atoms with E-state index < -0.39 is 6.10 Å². The summed E-state index contributed by atoms with van der Waals surface area (Å²) < 4.78 is 11.5. The van der Waals surface area contributed by atoms with Crippen molar-refractivity contribution in [2.24, 2.45) is 0 Å². The van der Waals surface area contributed by atoms with Gasteiger partial charge in [-0.25, -0.2) is 0 Å². The van der Waals surface area contributed by atoms with Gasteiger partial charge in [-0.15, -0.1) is 0 Å². The number of rotatable bonds is 1. The smallest absolute Gasteiger partial charge is 0.169 e. The van der Waals surface area contributed by atoms with Crippen LogP contribution in [-0.4, -0.2) is 31.0 Å². The maximum Gasteiger partial charge on any atom is 0.169 e. The molecule has 0 aromatic heterocycles. The third kappa shape index (κ3) is 2.22. The van der Waals surface area contributed by atoms with Gasteiger partial charge in [-0.1, -0.05) is 12.2 Å². The number of benzene rings is 1. The Hall–Kier alpha value is -1.52. The van der Waals surface area contributed by atoms with Crippen LogP contribution in [0.15, 0.2) is 12.1 Å². The van der Waals surface area contributed by atoms with E-state index >= 15 is 0 Å². The Balaban J connectivity index is 2.23. The maximum atomic E-state index is 9.93. The normalized spacial score (nSPS) is 25.0. The first-order chi connectivity index (χ1) is 9.19. The molecule has 0 amide bonds. The molecule has 0 aliphatic carbocycles. The minimum absolute atomic E-state index is 0.0385. The fourth-order valence-corrected chi connectivity index (χ4v) is 2.77. The Morgan fingerprint density at radius 2 is 2.32 bits per heavy atom. The van der Waals surface area contributed by atoms with E-state index in [9.17, 15) is 5.11 Å². The first kappa shape index (κ1) is 12.5. The van der Waals surface area contributed by atoms with Gasteiger partial charge in [-0.2, -0.15) is 0 Å². The zero-order valence-electron chi connectivity index (χ0n) is 11.3. The van der Waals surface area contributed by atoms with Crippen LogP contribution in [0.25, 0.3) is 6.08 Å². The summed E-state index contributed by atoms with van der Waals surface area (Å²) in [7, 11) is 1.66. The zero-order chi connectivity index (χ0) is 13.4. The largest absolute Gasteiger partial charge is 0.493 e. The molecule has 0 spiro atoms. The van der Waals surface area contributed by atoms with Gasteiger partial charge in [0.1, 0.15) is 6.10 Å². The lowest BCUT2D eigenvalue weighted by atomic mass is 9.95. The summed E-state index contributed by atoms with van der Waals surface area (Å²) in [6.07, 6.45) is 3.90. The fraction of sp³-hybridized carbons (Fsp3) is 0.467. The molecule has 0 saturated heterocycles. The van der Waals surface area contributed by atoms with Crippen LogP contribution in [0.5, 0.6) is 11.5 Å². The average molecular weight is 261 g/mol. The van der Waals surface area contributed by atoms with E-state index in [0.29, 0.717) is 6.42 Å². The molecule has 0 radical (unpaired) electrons. The molecule has 0 saturated carbocycles. The number of hydrogen-bond acceptors (Lipinski definition) is 4. The second kappa shape index (κ2) is 4.87. The van der Waals surface area contributed by atoms with Gasteiger partial charge in [0.05, 0.1) is 13.2 Å². The molecule has 2 aliphatic rings. The number of nitrogens with one attached hydrogen (secondary N) is 1. The van der Waals surface area contributed by atoms with Crippen LogP contribution >= 0.6 is 0 Å². The summed E-state index contributed by atoms with van der Waals surface area (Å²) in [6.45, 7) is 3.62. The molecule has 4 heteroatoms. The van der Waals surface area contributed by atoms with Gasteiger partial charge in [0.25, 0.3) is 0 Å². The Morgan fingerprint density at radius 3 is 3.11 bits per heavy atom. The number of aliphatic hydroxyl groups is 1. The van der Waals surface area contributed by atoms with Crippen molar-refractivity contribution in [3.8, 4) is 11.5 Å². The summed E-state index contributed by atoms with van der Waals surface area (Å²) in [5, 5.41) is 13.3. The van der Waals surface area contributed by atoms with E-state index in [2.05, 4.69) is 12.2 Å². The van der Waals surface area contributed by atoms with Crippen molar-refractivity contribution in [2.75, 3.05) is 13.7 Å². The van der Waals surface area contributed by atoms with Crippen LogP contribution in [0.3, 0.4) is 0 Å². The predicted molar refractivity (Wildman–Crippen MR) is 73.5 cm³/mol. The second-order valence-electron chi connectivity index (χ2n) is 5.15. The van der Waals surface area contributed by atoms with Crippen molar-refractivity contribution in [1.29, 1.82) is 0 Å². The zero-order valence-corrected chi connectivity index (χ0v) is 11.3. The highest BCUT2D eigenvalue weighted by molar-refractivity contribution is 5.68. The molecule has 1 aromatic rings. The van der Waals surface area contributed by atoms with Crippen molar-refractivity contribution < 1.29 is 14.6 Å². The van der Waals surface area contributed by atoms with E-state index in [4.69, 9.17) is 9.47 Å². The molecular formula is C15H19NO3. The molecule has 0 fully saturated rings. The van der Waals surface area contributed by atoms with Crippen LogP contribution < -0.4 is 14.8 Å². The highest BCUT2D eigenvalue weighted by atomic mass is 16.5. The van der Waals surface area contributed by atoms with Crippen LogP contribution in [0.4, 0.5) is 0 Å². The van der Waals surface area contributed by atoms with Crippen LogP contribution in [-0.2, 0) is 6.54 Å². The summed E-state index contributed by atoms with van der Waals surface area (Å²) in [4.78, 5) is 0. The van der Waals surface area contributed by atoms with Crippen molar-refractivity contribution in [3.05, 3.63) is 28.8 Å². The summed E-state index contributed by atoms with van der Waals surface area (Å²) in [5.41, 5.74) is 3.40. The summed E-state index contributed by atoms with van der Waals surface area (Å²) >= 11 is 0. The molecule has 2 aliphatic heterocycles. The van der Waals surface area contributed by atoms with E-state index in [1.54, 1.807) is 7.11 Å². The summed E-state index contributed by atoms with van der Waals surface area (Å²) in [6, 6.07) is 2.02. The SMILES string of the molecule is COc1cc(C)c2c3c1OC(CNC2)C[C@@H](O)C=C3. The summed E-state index contributed by atoms with van der Waals surface area (Å²) in [5.74, 6) is 1.57. The van der Waals surface area contributed by atoms with Gasteiger partial charge in [0.2, 0.25) is 0 Å². The number of hydrogen-bond donors (Lipinski definition) is 2. The molecule has 1 unspecified atom stereocenters. The molecule has 1 aromatic carbocycles. The third-order valence-corrected chi connectivity index (χ3v) is 3.78. The van der Waals surface area contributed by atoms with Gasteiger partial charge >= 0.3 is 0 Å². The topological polar surface area (TPSA) is 50.7 Å². The number of ether oxygens (including phenoxy) is 2. The molecule has 102 valence electrons.